The lowest BCUT2D eigenvalue weighted by atomic mass is 10.1. The molecule has 0 fully saturated rings. The Balaban J connectivity index is 1.63. The van der Waals surface area contributed by atoms with Crippen LogP contribution in [-0.2, 0) is 6.54 Å². The SMILES string of the molecule is CN(Cc1ccncc1)C(=O)c1ccc(NC(=O)c2ccco2)cc1. The third kappa shape index (κ3) is 4.11. The predicted octanol–water partition coefficient (Wildman–Crippen LogP) is 3.20. The smallest absolute Gasteiger partial charge is 0.291 e. The Bertz CT molecular complexity index is 843. The van der Waals surface area contributed by atoms with Crippen molar-refractivity contribution in [3.05, 3.63) is 84.1 Å². The summed E-state index contributed by atoms with van der Waals surface area (Å²) in [6, 6.07) is 13.7. The van der Waals surface area contributed by atoms with Crippen LogP contribution in [0.1, 0.15) is 26.5 Å². The van der Waals surface area contributed by atoms with Crippen LogP contribution in [0, 0.1) is 0 Å². The highest BCUT2D eigenvalue weighted by molar-refractivity contribution is 6.02. The maximum atomic E-state index is 12.5. The van der Waals surface area contributed by atoms with Gasteiger partial charge >= 0.3 is 0 Å². The lowest BCUT2D eigenvalue weighted by molar-refractivity contribution is 0.0785. The second kappa shape index (κ2) is 7.44. The molecule has 0 saturated heterocycles. The second-order valence-corrected chi connectivity index (χ2v) is 5.53. The number of carbonyl (C=O) groups excluding carboxylic acids is 2. The molecule has 1 aromatic carbocycles. The number of rotatable bonds is 5. The molecule has 2 aromatic heterocycles. The van der Waals surface area contributed by atoms with Crippen molar-refractivity contribution in [1.82, 2.24) is 9.88 Å². The van der Waals surface area contributed by atoms with Crippen LogP contribution in [0.5, 0.6) is 0 Å². The number of hydrogen-bond donors (Lipinski definition) is 1. The molecular formula is C19H17N3O3. The quantitative estimate of drug-likeness (QED) is 0.777. The second-order valence-electron chi connectivity index (χ2n) is 5.53. The molecule has 3 rings (SSSR count). The van der Waals surface area contributed by atoms with E-state index in [1.807, 2.05) is 12.1 Å². The number of furan rings is 1. The summed E-state index contributed by atoms with van der Waals surface area (Å²) in [4.78, 5) is 30.0. The molecule has 0 aliphatic heterocycles. The zero-order valence-electron chi connectivity index (χ0n) is 13.7. The fourth-order valence-electron chi connectivity index (χ4n) is 2.35. The van der Waals surface area contributed by atoms with Crippen molar-refractivity contribution in [2.75, 3.05) is 12.4 Å². The number of nitrogens with zero attached hydrogens (tertiary/aromatic N) is 2. The predicted molar refractivity (Wildman–Crippen MR) is 93.1 cm³/mol. The minimum absolute atomic E-state index is 0.0966. The molecule has 0 bridgehead atoms. The van der Waals surface area contributed by atoms with Crippen molar-refractivity contribution in [3.8, 4) is 0 Å². The molecular weight excluding hydrogens is 318 g/mol. The first-order valence-corrected chi connectivity index (χ1v) is 7.73. The number of nitrogens with one attached hydrogen (secondary N) is 1. The van der Waals surface area contributed by atoms with E-state index in [2.05, 4.69) is 10.3 Å². The van der Waals surface area contributed by atoms with E-state index in [4.69, 9.17) is 4.42 Å². The molecule has 0 radical (unpaired) electrons. The van der Waals surface area contributed by atoms with Gasteiger partial charge in [0.25, 0.3) is 11.8 Å². The van der Waals surface area contributed by atoms with Crippen molar-refractivity contribution in [2.45, 2.75) is 6.54 Å². The van der Waals surface area contributed by atoms with Crippen molar-refractivity contribution in [1.29, 1.82) is 0 Å². The highest BCUT2D eigenvalue weighted by Gasteiger charge is 2.13. The normalized spacial score (nSPS) is 10.3. The zero-order chi connectivity index (χ0) is 17.6. The fourth-order valence-corrected chi connectivity index (χ4v) is 2.35. The monoisotopic (exact) mass is 335 g/mol. The molecule has 6 nitrogen and oxygen atoms in total. The Morgan fingerprint density at radius 2 is 1.80 bits per heavy atom. The minimum atomic E-state index is -0.334. The van der Waals surface area contributed by atoms with E-state index in [0.717, 1.165) is 5.56 Å². The van der Waals surface area contributed by atoms with E-state index in [1.54, 1.807) is 60.7 Å². The molecule has 3 aromatic rings. The van der Waals surface area contributed by atoms with Crippen LogP contribution in [0.4, 0.5) is 5.69 Å². The van der Waals surface area contributed by atoms with E-state index >= 15 is 0 Å². The minimum Gasteiger partial charge on any atom is -0.459 e. The van der Waals surface area contributed by atoms with E-state index in [0.29, 0.717) is 17.8 Å². The number of aromatic nitrogens is 1. The highest BCUT2D eigenvalue weighted by Crippen LogP contribution is 2.14. The molecule has 0 aliphatic rings. The van der Waals surface area contributed by atoms with Crippen molar-refractivity contribution >= 4 is 17.5 Å². The van der Waals surface area contributed by atoms with Gasteiger partial charge in [-0.05, 0) is 54.1 Å². The summed E-state index contributed by atoms with van der Waals surface area (Å²) in [5, 5.41) is 2.71. The molecule has 1 N–H and O–H groups in total. The van der Waals surface area contributed by atoms with Gasteiger partial charge in [0.05, 0.1) is 6.26 Å². The van der Waals surface area contributed by atoms with E-state index in [9.17, 15) is 9.59 Å². The molecule has 0 atom stereocenters. The van der Waals surface area contributed by atoms with Crippen LogP contribution in [0.3, 0.4) is 0 Å². The first-order valence-electron chi connectivity index (χ1n) is 7.73. The summed E-state index contributed by atoms with van der Waals surface area (Å²) < 4.78 is 5.04. The molecule has 126 valence electrons. The van der Waals surface area contributed by atoms with Gasteiger partial charge in [-0.2, -0.15) is 0 Å². The van der Waals surface area contributed by atoms with Crippen molar-refractivity contribution < 1.29 is 14.0 Å². The number of pyridine rings is 1. The standard InChI is InChI=1S/C19H17N3O3/c1-22(13-14-8-10-20-11-9-14)19(24)15-4-6-16(7-5-15)21-18(23)17-3-2-12-25-17/h2-12H,13H2,1H3,(H,21,23). The van der Waals surface area contributed by atoms with Gasteiger partial charge in [-0.25, -0.2) is 0 Å². The Morgan fingerprint density at radius 1 is 1.08 bits per heavy atom. The fraction of sp³-hybridized carbons (Fsp3) is 0.105. The molecule has 0 spiro atoms. The topological polar surface area (TPSA) is 75.4 Å². The van der Waals surface area contributed by atoms with E-state index in [1.165, 1.54) is 6.26 Å². The molecule has 2 amide bonds. The number of benzene rings is 1. The summed E-state index contributed by atoms with van der Waals surface area (Å²) in [7, 11) is 1.75. The van der Waals surface area contributed by atoms with Gasteiger partial charge in [0.15, 0.2) is 5.76 Å². The van der Waals surface area contributed by atoms with Gasteiger partial charge in [-0.1, -0.05) is 0 Å². The zero-order valence-corrected chi connectivity index (χ0v) is 13.7. The molecule has 0 aliphatic carbocycles. The van der Waals surface area contributed by atoms with Gasteiger partial charge in [-0.3, -0.25) is 14.6 Å². The molecule has 6 heteroatoms. The number of anilines is 1. The largest absolute Gasteiger partial charge is 0.459 e. The Kier molecular flexibility index (Phi) is 4.89. The van der Waals surface area contributed by atoms with Crippen molar-refractivity contribution in [3.63, 3.8) is 0 Å². The van der Waals surface area contributed by atoms with E-state index in [-0.39, 0.29) is 17.6 Å². The third-order valence-electron chi connectivity index (χ3n) is 3.65. The van der Waals surface area contributed by atoms with Crippen LogP contribution in [0.15, 0.2) is 71.6 Å². The molecule has 2 heterocycles. The van der Waals surface area contributed by atoms with Gasteiger partial charge < -0.3 is 14.6 Å². The Morgan fingerprint density at radius 3 is 2.44 bits per heavy atom. The van der Waals surface area contributed by atoms with E-state index < -0.39 is 0 Å². The van der Waals surface area contributed by atoms with Crippen LogP contribution in [0.25, 0.3) is 0 Å². The third-order valence-corrected chi connectivity index (χ3v) is 3.65. The van der Waals surface area contributed by atoms with Crippen LogP contribution < -0.4 is 5.32 Å². The summed E-state index contributed by atoms with van der Waals surface area (Å²) >= 11 is 0. The summed E-state index contributed by atoms with van der Waals surface area (Å²) in [5.74, 6) is -0.197. The maximum Gasteiger partial charge on any atom is 0.291 e. The van der Waals surface area contributed by atoms with Gasteiger partial charge in [0, 0.05) is 37.2 Å². The first kappa shape index (κ1) is 16.4. The maximum absolute atomic E-state index is 12.5. The molecule has 25 heavy (non-hydrogen) atoms. The van der Waals surface area contributed by atoms with Gasteiger partial charge in [0.1, 0.15) is 0 Å². The lowest BCUT2D eigenvalue weighted by Gasteiger charge is -2.17. The van der Waals surface area contributed by atoms with Crippen molar-refractivity contribution in [2.24, 2.45) is 0 Å². The van der Waals surface area contributed by atoms with Crippen LogP contribution in [-0.4, -0.2) is 28.7 Å². The number of carbonyl (C=O) groups is 2. The number of hydrogen-bond acceptors (Lipinski definition) is 4. The summed E-state index contributed by atoms with van der Waals surface area (Å²) in [6.07, 6.45) is 4.84. The number of amides is 2. The lowest BCUT2D eigenvalue weighted by Crippen LogP contribution is -2.26. The Labute approximate surface area is 145 Å². The average Bonchev–Trinajstić information content (AvgIpc) is 3.17. The Hall–Kier alpha value is -3.41. The van der Waals surface area contributed by atoms with Crippen LogP contribution in [0.2, 0.25) is 0 Å². The van der Waals surface area contributed by atoms with Gasteiger partial charge in [0.2, 0.25) is 0 Å². The highest BCUT2D eigenvalue weighted by atomic mass is 16.3. The molecule has 0 saturated carbocycles. The average molecular weight is 335 g/mol. The first-order chi connectivity index (χ1) is 12.1. The van der Waals surface area contributed by atoms with Crippen LogP contribution >= 0.6 is 0 Å². The summed E-state index contributed by atoms with van der Waals surface area (Å²) in [6.45, 7) is 0.498. The summed E-state index contributed by atoms with van der Waals surface area (Å²) in [5.41, 5.74) is 2.15. The molecule has 0 unspecified atom stereocenters. The van der Waals surface area contributed by atoms with Gasteiger partial charge in [-0.15, -0.1) is 0 Å².